The molecule has 4 aliphatic heterocycles. The molecular formula is C34H41FN8O5. The van der Waals surface area contributed by atoms with E-state index in [4.69, 9.17) is 0 Å². The van der Waals surface area contributed by atoms with E-state index in [0.717, 1.165) is 88.0 Å². The molecule has 3 saturated heterocycles. The Kier molecular flexibility index (Phi) is 9.08. The van der Waals surface area contributed by atoms with E-state index in [1.807, 2.05) is 11.0 Å². The zero-order chi connectivity index (χ0) is 33.4. The van der Waals surface area contributed by atoms with E-state index >= 15 is 4.39 Å². The molecule has 5 heterocycles. The maximum Gasteiger partial charge on any atom is 0.272 e. The van der Waals surface area contributed by atoms with Gasteiger partial charge in [0.25, 0.3) is 17.7 Å². The minimum absolute atomic E-state index is 0.0247. The molecule has 1 aliphatic carbocycles. The topological polar surface area (TPSA) is 148 Å². The van der Waals surface area contributed by atoms with Crippen LogP contribution in [0.2, 0.25) is 0 Å². The standard InChI is InChI=1S/C34H41FN8O5/c35-25-18-23-24(34(48)43(33(23)47)27-7-9-30(44)37-32(27)46)19-28(25)41-16-14-40(15-17-41)20-21-10-12-42(13-11-21)29-8-6-26(38-39-29)31(45)36-22-4-2-1-3-5-22/h6,8,18-19,21-22,27H,1-5,7,9-17,20H2,(H,36,45)(H,37,44,46). The van der Waals surface area contributed by atoms with Crippen molar-refractivity contribution in [1.29, 1.82) is 0 Å². The highest BCUT2D eigenvalue weighted by atomic mass is 19.1. The van der Waals surface area contributed by atoms with Crippen LogP contribution in [-0.2, 0) is 9.59 Å². The van der Waals surface area contributed by atoms with Crippen LogP contribution in [0.15, 0.2) is 24.3 Å². The van der Waals surface area contributed by atoms with Crippen molar-refractivity contribution in [2.75, 3.05) is 55.6 Å². The molecule has 0 radical (unpaired) electrons. The van der Waals surface area contributed by atoms with Gasteiger partial charge in [-0.25, -0.2) is 4.39 Å². The summed E-state index contributed by atoms with van der Waals surface area (Å²) >= 11 is 0. The second kappa shape index (κ2) is 13.6. The highest BCUT2D eigenvalue weighted by Gasteiger charge is 2.45. The smallest absolute Gasteiger partial charge is 0.272 e. The maximum atomic E-state index is 15.3. The van der Waals surface area contributed by atoms with Gasteiger partial charge in [0, 0.05) is 58.3 Å². The van der Waals surface area contributed by atoms with E-state index in [-0.39, 0.29) is 41.6 Å². The van der Waals surface area contributed by atoms with Crippen LogP contribution < -0.4 is 20.4 Å². The van der Waals surface area contributed by atoms with Crippen LogP contribution in [0, 0.1) is 11.7 Å². The van der Waals surface area contributed by atoms with Crippen molar-refractivity contribution in [3.63, 3.8) is 0 Å². The number of carbonyl (C=O) groups excluding carboxylic acids is 5. The van der Waals surface area contributed by atoms with Crippen molar-refractivity contribution in [1.82, 2.24) is 30.6 Å². The molecule has 1 aromatic carbocycles. The van der Waals surface area contributed by atoms with E-state index in [2.05, 4.69) is 30.6 Å². The number of nitrogens with one attached hydrogen (secondary N) is 2. The fourth-order valence-corrected chi connectivity index (χ4v) is 7.72. The lowest BCUT2D eigenvalue weighted by Crippen LogP contribution is -2.54. The van der Waals surface area contributed by atoms with E-state index in [1.165, 1.54) is 12.5 Å². The minimum Gasteiger partial charge on any atom is -0.367 e. The number of hydrogen-bond acceptors (Lipinski definition) is 10. The number of halogens is 1. The first kappa shape index (κ1) is 32.1. The van der Waals surface area contributed by atoms with Gasteiger partial charge >= 0.3 is 0 Å². The Labute approximate surface area is 278 Å². The molecule has 1 aromatic heterocycles. The number of piperazine rings is 1. The molecule has 1 atom stereocenters. The molecule has 0 bridgehead atoms. The zero-order valence-electron chi connectivity index (χ0n) is 27.0. The van der Waals surface area contributed by atoms with Gasteiger partial charge in [-0.2, -0.15) is 0 Å². The quantitative estimate of drug-likeness (QED) is 0.423. The molecule has 14 heteroatoms. The summed E-state index contributed by atoms with van der Waals surface area (Å²) in [5.74, 6) is -1.93. The Morgan fingerprint density at radius 1 is 0.833 bits per heavy atom. The average molecular weight is 661 g/mol. The van der Waals surface area contributed by atoms with Crippen LogP contribution in [0.5, 0.6) is 0 Å². The molecule has 1 saturated carbocycles. The number of carbonyl (C=O) groups is 5. The van der Waals surface area contributed by atoms with Crippen molar-refractivity contribution in [2.45, 2.75) is 69.9 Å². The van der Waals surface area contributed by atoms with Crippen LogP contribution in [0.25, 0.3) is 0 Å². The number of hydrogen-bond donors (Lipinski definition) is 2. The summed E-state index contributed by atoms with van der Waals surface area (Å²) in [6, 6.07) is 5.32. The van der Waals surface area contributed by atoms with Gasteiger partial charge in [0.1, 0.15) is 11.9 Å². The monoisotopic (exact) mass is 660 g/mol. The number of benzene rings is 1. The molecule has 13 nitrogen and oxygen atoms in total. The molecule has 48 heavy (non-hydrogen) atoms. The Morgan fingerprint density at radius 3 is 2.21 bits per heavy atom. The number of piperidine rings is 2. The Morgan fingerprint density at radius 2 is 1.54 bits per heavy atom. The van der Waals surface area contributed by atoms with Crippen molar-refractivity contribution in [3.8, 4) is 0 Å². The zero-order valence-corrected chi connectivity index (χ0v) is 27.0. The lowest BCUT2D eigenvalue weighted by Gasteiger charge is -2.39. The van der Waals surface area contributed by atoms with Crippen LogP contribution in [0.4, 0.5) is 15.9 Å². The maximum absolute atomic E-state index is 15.3. The van der Waals surface area contributed by atoms with Gasteiger partial charge in [-0.05, 0) is 62.3 Å². The third kappa shape index (κ3) is 6.49. The van der Waals surface area contributed by atoms with Crippen LogP contribution in [-0.4, -0.2) is 107 Å². The minimum atomic E-state index is -1.09. The SMILES string of the molecule is O=C1CCC(N2C(=O)c3cc(F)c(N4CCN(CC5CCN(c6ccc(C(=O)NC7CCCCC7)nn6)CC5)CC4)cc3C2=O)C(=O)N1. The normalized spacial score (nSPS) is 23.0. The number of fused-ring (bicyclic) bond motifs is 1. The molecule has 2 N–H and O–H groups in total. The van der Waals surface area contributed by atoms with Gasteiger partial charge in [0.2, 0.25) is 11.8 Å². The van der Waals surface area contributed by atoms with Gasteiger partial charge in [0.15, 0.2) is 11.5 Å². The molecule has 7 rings (SSSR count). The predicted molar refractivity (Wildman–Crippen MR) is 173 cm³/mol. The lowest BCUT2D eigenvalue weighted by molar-refractivity contribution is -0.136. The Bertz CT molecular complexity index is 1600. The number of nitrogens with zero attached hydrogens (tertiary/aromatic N) is 6. The molecule has 2 aromatic rings. The fourth-order valence-electron chi connectivity index (χ4n) is 7.72. The van der Waals surface area contributed by atoms with E-state index < -0.39 is 35.5 Å². The second-order valence-electron chi connectivity index (χ2n) is 13.6. The summed E-state index contributed by atoms with van der Waals surface area (Å²) in [7, 11) is 0. The molecule has 5 aliphatic rings. The first-order valence-corrected chi connectivity index (χ1v) is 17.2. The van der Waals surface area contributed by atoms with Crippen LogP contribution >= 0.6 is 0 Å². The highest BCUT2D eigenvalue weighted by molar-refractivity contribution is 6.23. The predicted octanol–water partition coefficient (Wildman–Crippen LogP) is 2.12. The van der Waals surface area contributed by atoms with Crippen molar-refractivity contribution < 1.29 is 28.4 Å². The molecule has 254 valence electrons. The second-order valence-corrected chi connectivity index (χ2v) is 13.6. The van der Waals surface area contributed by atoms with Crippen molar-refractivity contribution >= 4 is 41.0 Å². The van der Waals surface area contributed by atoms with Crippen LogP contribution in [0.3, 0.4) is 0 Å². The van der Waals surface area contributed by atoms with Crippen molar-refractivity contribution in [3.05, 3.63) is 46.9 Å². The third-order valence-corrected chi connectivity index (χ3v) is 10.5. The summed E-state index contributed by atoms with van der Waals surface area (Å²) in [4.78, 5) is 70.2. The summed E-state index contributed by atoms with van der Waals surface area (Å²) in [6.45, 7) is 5.28. The molecule has 1 unspecified atom stereocenters. The van der Waals surface area contributed by atoms with E-state index in [1.54, 1.807) is 6.07 Å². The fraction of sp³-hybridized carbons (Fsp3) is 0.559. The summed E-state index contributed by atoms with van der Waals surface area (Å²) in [5.41, 5.74) is 0.648. The first-order valence-electron chi connectivity index (χ1n) is 17.2. The van der Waals surface area contributed by atoms with Gasteiger partial charge in [-0.15, -0.1) is 10.2 Å². The van der Waals surface area contributed by atoms with Crippen LogP contribution in [0.1, 0.15) is 89.0 Å². The summed E-state index contributed by atoms with van der Waals surface area (Å²) < 4.78 is 15.3. The van der Waals surface area contributed by atoms with Gasteiger partial charge in [-0.3, -0.25) is 39.1 Å². The Balaban J connectivity index is 0.889. The number of aromatic nitrogens is 2. The lowest BCUT2D eigenvalue weighted by atomic mass is 9.95. The molecular weight excluding hydrogens is 619 g/mol. The van der Waals surface area contributed by atoms with E-state index in [9.17, 15) is 24.0 Å². The molecule has 5 amide bonds. The van der Waals surface area contributed by atoms with Gasteiger partial charge < -0.3 is 15.1 Å². The summed E-state index contributed by atoms with van der Waals surface area (Å²) in [5, 5.41) is 13.9. The number of rotatable bonds is 7. The average Bonchev–Trinajstić information content (AvgIpc) is 3.33. The Hall–Kier alpha value is -4.46. The number of imide groups is 2. The highest BCUT2D eigenvalue weighted by Crippen LogP contribution is 2.33. The summed E-state index contributed by atoms with van der Waals surface area (Å²) in [6.07, 6.45) is 7.67. The first-order chi connectivity index (χ1) is 23.2. The molecule has 4 fully saturated rings. The largest absolute Gasteiger partial charge is 0.367 e. The number of anilines is 2. The van der Waals surface area contributed by atoms with Gasteiger partial charge in [0.05, 0.1) is 16.8 Å². The van der Waals surface area contributed by atoms with Crippen molar-refractivity contribution in [2.24, 2.45) is 5.92 Å². The van der Waals surface area contributed by atoms with Gasteiger partial charge in [-0.1, -0.05) is 19.3 Å². The third-order valence-electron chi connectivity index (χ3n) is 10.5. The van der Waals surface area contributed by atoms with E-state index in [0.29, 0.717) is 24.7 Å². The number of amides is 5. The molecule has 0 spiro atoms.